The van der Waals surface area contributed by atoms with Gasteiger partial charge in [-0.25, -0.2) is 0 Å². The van der Waals surface area contributed by atoms with Crippen molar-refractivity contribution >= 4 is 17.5 Å². The number of carbonyl (C=O) groups is 2. The second-order valence-electron chi connectivity index (χ2n) is 6.11. The highest BCUT2D eigenvalue weighted by molar-refractivity contribution is 5.92. The number of rotatable bonds is 8. The van der Waals surface area contributed by atoms with Crippen LogP contribution in [0.3, 0.4) is 0 Å². The Morgan fingerprint density at radius 3 is 2.46 bits per heavy atom. The summed E-state index contributed by atoms with van der Waals surface area (Å²) >= 11 is 0. The molecule has 0 radical (unpaired) electrons. The average Bonchev–Trinajstić information content (AvgIpc) is 2.61. The third kappa shape index (κ3) is 5.92. The molecule has 0 aliphatic carbocycles. The van der Waals surface area contributed by atoms with E-state index in [-0.39, 0.29) is 18.2 Å². The molecule has 2 rings (SSSR count). The normalized spacial score (nSPS) is 10.3. The molecule has 0 saturated carbocycles. The number of hydrogen-bond donors (Lipinski definition) is 1. The summed E-state index contributed by atoms with van der Waals surface area (Å²) in [6, 6.07) is 15.3. The van der Waals surface area contributed by atoms with E-state index in [0.29, 0.717) is 19.7 Å². The van der Waals surface area contributed by atoms with Crippen LogP contribution in [0.1, 0.15) is 31.4 Å². The molecule has 0 fully saturated rings. The third-order valence-electron chi connectivity index (χ3n) is 3.97. The van der Waals surface area contributed by atoms with Crippen molar-refractivity contribution in [2.45, 2.75) is 33.7 Å². The Labute approximate surface area is 155 Å². The molecule has 5 heteroatoms. The number of ether oxygens (including phenoxy) is 1. The van der Waals surface area contributed by atoms with Gasteiger partial charge in [-0.05, 0) is 43.7 Å². The summed E-state index contributed by atoms with van der Waals surface area (Å²) in [5, 5.41) is 2.90. The van der Waals surface area contributed by atoms with Gasteiger partial charge in [0.15, 0.2) is 0 Å². The van der Waals surface area contributed by atoms with Gasteiger partial charge in [0.25, 0.3) is 0 Å². The van der Waals surface area contributed by atoms with E-state index in [1.165, 1.54) is 6.92 Å². The van der Waals surface area contributed by atoms with Gasteiger partial charge in [0.2, 0.25) is 11.8 Å². The molecule has 2 aromatic rings. The standard InChI is InChI=1S/C21H26N2O3/c1-4-26-20-10-8-19(9-11-20)23(17(3)24)13-12-21(25)22-15-18-7-5-6-16(2)14-18/h5-11,14H,4,12-13,15H2,1-3H3,(H,22,25). The Bertz CT molecular complexity index is 741. The molecule has 0 heterocycles. The lowest BCUT2D eigenvalue weighted by Gasteiger charge is -2.21. The first-order valence-electron chi connectivity index (χ1n) is 8.82. The lowest BCUT2D eigenvalue weighted by atomic mass is 10.1. The molecule has 2 amide bonds. The minimum atomic E-state index is -0.0966. The molecule has 5 nitrogen and oxygen atoms in total. The summed E-state index contributed by atoms with van der Waals surface area (Å²) in [7, 11) is 0. The maximum absolute atomic E-state index is 12.1. The smallest absolute Gasteiger partial charge is 0.223 e. The molecule has 0 aliphatic rings. The van der Waals surface area contributed by atoms with Crippen LogP contribution in [0, 0.1) is 6.92 Å². The second kappa shape index (κ2) is 9.61. The van der Waals surface area contributed by atoms with Crippen molar-refractivity contribution in [2.75, 3.05) is 18.1 Å². The van der Waals surface area contributed by atoms with E-state index in [1.807, 2.05) is 62.4 Å². The number of amides is 2. The number of nitrogens with zero attached hydrogens (tertiary/aromatic N) is 1. The molecule has 2 aromatic carbocycles. The van der Waals surface area contributed by atoms with E-state index in [0.717, 1.165) is 22.6 Å². The zero-order valence-electron chi connectivity index (χ0n) is 15.6. The van der Waals surface area contributed by atoms with Crippen LogP contribution in [0.25, 0.3) is 0 Å². The Morgan fingerprint density at radius 1 is 1.12 bits per heavy atom. The van der Waals surface area contributed by atoms with E-state index < -0.39 is 0 Å². The molecule has 0 aromatic heterocycles. The predicted octanol–water partition coefficient (Wildman–Crippen LogP) is 3.45. The van der Waals surface area contributed by atoms with Crippen LogP contribution in [0.4, 0.5) is 5.69 Å². The van der Waals surface area contributed by atoms with Crippen molar-refractivity contribution < 1.29 is 14.3 Å². The monoisotopic (exact) mass is 354 g/mol. The summed E-state index contributed by atoms with van der Waals surface area (Å²) in [5.41, 5.74) is 2.98. The van der Waals surface area contributed by atoms with Gasteiger partial charge in [0.05, 0.1) is 6.61 Å². The van der Waals surface area contributed by atoms with Crippen molar-refractivity contribution in [3.8, 4) is 5.75 Å². The molecular weight excluding hydrogens is 328 g/mol. The molecule has 1 N–H and O–H groups in total. The van der Waals surface area contributed by atoms with Crippen LogP contribution in [0.2, 0.25) is 0 Å². The van der Waals surface area contributed by atoms with E-state index in [1.54, 1.807) is 4.90 Å². The van der Waals surface area contributed by atoms with Crippen LogP contribution in [-0.2, 0) is 16.1 Å². The van der Waals surface area contributed by atoms with Gasteiger partial charge in [-0.2, -0.15) is 0 Å². The molecular formula is C21H26N2O3. The molecule has 0 saturated heterocycles. The van der Waals surface area contributed by atoms with Crippen molar-refractivity contribution in [1.82, 2.24) is 5.32 Å². The third-order valence-corrected chi connectivity index (χ3v) is 3.97. The van der Waals surface area contributed by atoms with Gasteiger partial charge in [-0.3, -0.25) is 9.59 Å². The summed E-state index contributed by atoms with van der Waals surface area (Å²) in [5.74, 6) is 0.583. The first-order valence-corrected chi connectivity index (χ1v) is 8.82. The topological polar surface area (TPSA) is 58.6 Å². The Balaban J connectivity index is 1.89. The average molecular weight is 354 g/mol. The van der Waals surface area contributed by atoms with E-state index in [9.17, 15) is 9.59 Å². The molecule has 138 valence electrons. The van der Waals surface area contributed by atoms with E-state index >= 15 is 0 Å². The highest BCUT2D eigenvalue weighted by atomic mass is 16.5. The quantitative estimate of drug-likeness (QED) is 0.790. The first kappa shape index (κ1) is 19.5. The van der Waals surface area contributed by atoms with Gasteiger partial charge >= 0.3 is 0 Å². The summed E-state index contributed by atoms with van der Waals surface area (Å²) < 4.78 is 5.41. The zero-order valence-corrected chi connectivity index (χ0v) is 15.6. The molecule has 26 heavy (non-hydrogen) atoms. The molecule has 0 unspecified atom stereocenters. The minimum Gasteiger partial charge on any atom is -0.494 e. The Morgan fingerprint density at radius 2 is 1.85 bits per heavy atom. The van der Waals surface area contributed by atoms with Gasteiger partial charge < -0.3 is 15.0 Å². The Hall–Kier alpha value is -2.82. The Kier molecular flexibility index (Phi) is 7.21. The number of nitrogens with one attached hydrogen (secondary N) is 1. The van der Waals surface area contributed by atoms with Gasteiger partial charge in [0.1, 0.15) is 5.75 Å². The van der Waals surface area contributed by atoms with Crippen molar-refractivity contribution in [2.24, 2.45) is 0 Å². The minimum absolute atomic E-state index is 0.0799. The van der Waals surface area contributed by atoms with Gasteiger partial charge in [-0.1, -0.05) is 29.8 Å². The SMILES string of the molecule is CCOc1ccc(N(CCC(=O)NCc2cccc(C)c2)C(C)=O)cc1. The molecule has 0 spiro atoms. The van der Waals surface area contributed by atoms with Gasteiger partial charge in [-0.15, -0.1) is 0 Å². The lowest BCUT2D eigenvalue weighted by molar-refractivity contribution is -0.121. The van der Waals surface area contributed by atoms with Crippen molar-refractivity contribution in [1.29, 1.82) is 0 Å². The van der Waals surface area contributed by atoms with E-state index in [4.69, 9.17) is 4.74 Å². The molecule has 0 bridgehead atoms. The molecule has 0 atom stereocenters. The van der Waals surface area contributed by atoms with Gasteiger partial charge in [0, 0.05) is 32.1 Å². The fraction of sp³-hybridized carbons (Fsp3) is 0.333. The van der Waals surface area contributed by atoms with Crippen molar-refractivity contribution in [3.63, 3.8) is 0 Å². The second-order valence-corrected chi connectivity index (χ2v) is 6.11. The largest absolute Gasteiger partial charge is 0.494 e. The first-order chi connectivity index (χ1) is 12.5. The fourth-order valence-electron chi connectivity index (χ4n) is 2.68. The maximum atomic E-state index is 12.1. The number of anilines is 1. The van der Waals surface area contributed by atoms with Crippen molar-refractivity contribution in [3.05, 3.63) is 59.7 Å². The van der Waals surface area contributed by atoms with Crippen LogP contribution in [-0.4, -0.2) is 25.0 Å². The lowest BCUT2D eigenvalue weighted by Crippen LogP contribution is -2.33. The fourth-order valence-corrected chi connectivity index (χ4v) is 2.68. The van der Waals surface area contributed by atoms with Crippen LogP contribution < -0.4 is 15.0 Å². The number of aryl methyl sites for hydroxylation is 1. The summed E-state index contributed by atoms with van der Waals surface area (Å²) in [4.78, 5) is 25.7. The van der Waals surface area contributed by atoms with Crippen LogP contribution >= 0.6 is 0 Å². The summed E-state index contributed by atoms with van der Waals surface area (Å²) in [6.07, 6.45) is 0.249. The van der Waals surface area contributed by atoms with Crippen LogP contribution in [0.15, 0.2) is 48.5 Å². The van der Waals surface area contributed by atoms with E-state index in [2.05, 4.69) is 5.32 Å². The highest BCUT2D eigenvalue weighted by Gasteiger charge is 2.13. The highest BCUT2D eigenvalue weighted by Crippen LogP contribution is 2.20. The zero-order chi connectivity index (χ0) is 18.9. The summed E-state index contributed by atoms with van der Waals surface area (Å²) in [6.45, 7) is 6.86. The number of hydrogen-bond acceptors (Lipinski definition) is 3. The van der Waals surface area contributed by atoms with Crippen LogP contribution in [0.5, 0.6) is 5.75 Å². The number of benzene rings is 2. The molecule has 0 aliphatic heterocycles. The number of carbonyl (C=O) groups excluding carboxylic acids is 2. The predicted molar refractivity (Wildman–Crippen MR) is 103 cm³/mol. The maximum Gasteiger partial charge on any atom is 0.223 e.